The maximum atomic E-state index is 15.2. The van der Waals surface area contributed by atoms with E-state index in [4.69, 9.17) is 4.74 Å². The lowest BCUT2D eigenvalue weighted by Crippen LogP contribution is -2.24. The summed E-state index contributed by atoms with van der Waals surface area (Å²) in [5, 5.41) is 28.5. The summed E-state index contributed by atoms with van der Waals surface area (Å²) in [6.45, 7) is 0.407. The van der Waals surface area contributed by atoms with E-state index in [1.54, 1.807) is 9.47 Å². The number of carboxylic acid groups (broad SMARTS) is 1. The average molecular weight is 406 g/mol. The predicted octanol–water partition coefficient (Wildman–Crippen LogP) is 1.22. The van der Waals surface area contributed by atoms with Gasteiger partial charge in [-0.05, 0) is 18.9 Å². The van der Waals surface area contributed by atoms with E-state index in [0.29, 0.717) is 18.6 Å². The standard InChI is InChI=1S/C20H23FN2O6/c1-29-19-16-13(18(26)14(20(27)28)7-23(16)12-2-3-12)4-15(21)17(19)22-5-10(8-24)11(6-22)9-25/h4,7,10-12,24-25H,2-3,5-6,8-9H2,1H3,(H,27,28). The van der Waals surface area contributed by atoms with Crippen LogP contribution in [0, 0.1) is 17.7 Å². The Labute approximate surface area is 165 Å². The highest BCUT2D eigenvalue weighted by atomic mass is 19.1. The largest absolute Gasteiger partial charge is 0.492 e. The summed E-state index contributed by atoms with van der Waals surface area (Å²) in [5.41, 5.74) is -0.628. The first kappa shape index (κ1) is 19.7. The summed E-state index contributed by atoms with van der Waals surface area (Å²) in [4.78, 5) is 25.9. The minimum Gasteiger partial charge on any atom is -0.492 e. The molecule has 2 unspecified atom stereocenters. The second kappa shape index (κ2) is 7.31. The van der Waals surface area contributed by atoms with Gasteiger partial charge < -0.3 is 29.5 Å². The molecule has 3 N–H and O–H groups in total. The summed E-state index contributed by atoms with van der Waals surface area (Å²) in [5.74, 6) is -2.31. The van der Waals surface area contributed by atoms with Crippen molar-refractivity contribution < 1.29 is 29.2 Å². The molecule has 2 atom stereocenters. The molecule has 2 fully saturated rings. The monoisotopic (exact) mass is 406 g/mol. The second-order valence-corrected chi connectivity index (χ2v) is 7.74. The average Bonchev–Trinajstić information content (AvgIpc) is 3.46. The minimum atomic E-state index is -1.36. The third-order valence-corrected chi connectivity index (χ3v) is 5.93. The molecule has 2 aliphatic rings. The Balaban J connectivity index is 1.97. The molecule has 4 rings (SSSR count). The lowest BCUT2D eigenvalue weighted by Gasteiger charge is -2.24. The van der Waals surface area contributed by atoms with E-state index in [1.807, 2.05) is 0 Å². The van der Waals surface area contributed by atoms with Gasteiger partial charge in [0.1, 0.15) is 11.3 Å². The molecule has 9 heteroatoms. The summed E-state index contributed by atoms with van der Waals surface area (Å²) >= 11 is 0. The first-order valence-electron chi connectivity index (χ1n) is 9.56. The van der Waals surface area contributed by atoms with Crippen LogP contribution in [0.5, 0.6) is 5.75 Å². The van der Waals surface area contributed by atoms with E-state index in [2.05, 4.69) is 0 Å². The normalized spacial score (nSPS) is 21.7. The van der Waals surface area contributed by atoms with E-state index in [-0.39, 0.29) is 47.9 Å². The van der Waals surface area contributed by atoms with Gasteiger partial charge in [-0.3, -0.25) is 4.79 Å². The number of aliphatic hydroxyl groups is 2. The van der Waals surface area contributed by atoms with Crippen molar-refractivity contribution in [2.24, 2.45) is 11.8 Å². The Kier molecular flexibility index (Phi) is 4.95. The van der Waals surface area contributed by atoms with Gasteiger partial charge in [0.25, 0.3) is 0 Å². The molecule has 1 saturated carbocycles. The molecule has 1 aromatic carbocycles. The van der Waals surface area contributed by atoms with Crippen LogP contribution >= 0.6 is 0 Å². The van der Waals surface area contributed by atoms with Gasteiger partial charge in [0.05, 0.1) is 18.0 Å². The molecule has 0 spiro atoms. The van der Waals surface area contributed by atoms with Crippen molar-refractivity contribution >= 4 is 22.6 Å². The first-order valence-corrected chi connectivity index (χ1v) is 9.56. The molecule has 156 valence electrons. The van der Waals surface area contributed by atoms with Gasteiger partial charge in [-0.2, -0.15) is 0 Å². The molecule has 0 bridgehead atoms. The van der Waals surface area contributed by atoms with Gasteiger partial charge in [0.2, 0.25) is 5.43 Å². The maximum absolute atomic E-state index is 15.2. The molecular weight excluding hydrogens is 383 g/mol. The van der Waals surface area contributed by atoms with Gasteiger partial charge in [0, 0.05) is 50.4 Å². The van der Waals surface area contributed by atoms with Crippen LogP contribution in [-0.4, -0.2) is 59.3 Å². The van der Waals surface area contributed by atoms with Gasteiger partial charge in [-0.25, -0.2) is 9.18 Å². The summed E-state index contributed by atoms with van der Waals surface area (Å²) < 4.78 is 22.4. The number of pyridine rings is 1. The van der Waals surface area contributed by atoms with E-state index >= 15 is 4.39 Å². The van der Waals surface area contributed by atoms with Crippen LogP contribution in [0.4, 0.5) is 10.1 Å². The third-order valence-electron chi connectivity index (χ3n) is 5.93. The van der Waals surface area contributed by atoms with Crippen molar-refractivity contribution in [2.75, 3.05) is 38.3 Å². The fraction of sp³-hybridized carbons (Fsp3) is 0.500. The van der Waals surface area contributed by atoms with Crippen LogP contribution in [0.2, 0.25) is 0 Å². The molecule has 1 aliphatic carbocycles. The van der Waals surface area contributed by atoms with Gasteiger partial charge >= 0.3 is 5.97 Å². The van der Waals surface area contributed by atoms with Crippen LogP contribution < -0.4 is 15.1 Å². The van der Waals surface area contributed by atoms with E-state index in [0.717, 1.165) is 18.9 Å². The SMILES string of the molecule is COc1c(N2CC(CO)C(CO)C2)c(F)cc2c(=O)c(C(=O)O)cn(C3CC3)c12. The number of halogens is 1. The molecule has 0 amide bonds. The molecule has 0 radical (unpaired) electrons. The molecule has 8 nitrogen and oxygen atoms in total. The zero-order valence-electron chi connectivity index (χ0n) is 16.0. The first-order chi connectivity index (χ1) is 13.9. The highest BCUT2D eigenvalue weighted by Gasteiger charge is 2.36. The number of rotatable bonds is 6. The number of nitrogens with zero attached hydrogens (tertiary/aromatic N) is 2. The highest BCUT2D eigenvalue weighted by Crippen LogP contribution is 2.45. The lowest BCUT2D eigenvalue weighted by molar-refractivity contribution is 0.0694. The number of carbonyl (C=O) groups is 1. The third kappa shape index (κ3) is 3.14. The Bertz CT molecular complexity index is 1020. The zero-order chi connectivity index (χ0) is 20.9. The number of aromatic nitrogens is 1. The quantitative estimate of drug-likeness (QED) is 0.661. The highest BCUT2D eigenvalue weighted by molar-refractivity contribution is 5.97. The number of aliphatic hydroxyl groups excluding tert-OH is 2. The van der Waals surface area contributed by atoms with Crippen LogP contribution in [0.1, 0.15) is 29.2 Å². The number of hydrogen-bond acceptors (Lipinski definition) is 6. The molecule has 1 aliphatic heterocycles. The van der Waals surface area contributed by atoms with Gasteiger partial charge in [0.15, 0.2) is 11.6 Å². The van der Waals surface area contributed by atoms with Crippen molar-refractivity contribution in [3.63, 3.8) is 0 Å². The van der Waals surface area contributed by atoms with Crippen LogP contribution in [0.3, 0.4) is 0 Å². The van der Waals surface area contributed by atoms with Crippen molar-refractivity contribution in [3.05, 3.63) is 33.9 Å². The molecule has 2 heterocycles. The zero-order valence-corrected chi connectivity index (χ0v) is 16.0. The Morgan fingerprint density at radius 1 is 1.24 bits per heavy atom. The smallest absolute Gasteiger partial charge is 0.341 e. The van der Waals surface area contributed by atoms with Crippen LogP contribution in [-0.2, 0) is 0 Å². The summed E-state index contributed by atoms with van der Waals surface area (Å²) in [6.07, 6.45) is 2.97. The topological polar surface area (TPSA) is 112 Å². The van der Waals surface area contributed by atoms with Gasteiger partial charge in [-0.1, -0.05) is 0 Å². The second-order valence-electron chi connectivity index (χ2n) is 7.74. The van der Waals surface area contributed by atoms with Crippen molar-refractivity contribution in [2.45, 2.75) is 18.9 Å². The lowest BCUT2D eigenvalue weighted by atomic mass is 9.98. The molecule has 1 saturated heterocycles. The predicted molar refractivity (Wildman–Crippen MR) is 103 cm³/mol. The minimum absolute atomic E-state index is 0.0253. The van der Waals surface area contributed by atoms with Crippen molar-refractivity contribution in [1.29, 1.82) is 0 Å². The number of carboxylic acids is 1. The van der Waals surface area contributed by atoms with Gasteiger partial charge in [-0.15, -0.1) is 0 Å². The number of aromatic carboxylic acids is 1. The Morgan fingerprint density at radius 3 is 2.34 bits per heavy atom. The fourth-order valence-corrected chi connectivity index (χ4v) is 4.26. The fourth-order valence-electron chi connectivity index (χ4n) is 4.26. The van der Waals surface area contributed by atoms with Crippen molar-refractivity contribution in [3.8, 4) is 5.75 Å². The van der Waals surface area contributed by atoms with E-state index in [9.17, 15) is 24.9 Å². The number of fused-ring (bicyclic) bond motifs is 1. The van der Waals surface area contributed by atoms with E-state index in [1.165, 1.54) is 13.3 Å². The molecule has 2 aromatic rings. The number of ether oxygens (including phenoxy) is 1. The maximum Gasteiger partial charge on any atom is 0.341 e. The number of methoxy groups -OCH3 is 1. The molecule has 1 aromatic heterocycles. The number of benzene rings is 1. The summed E-state index contributed by atoms with van der Waals surface area (Å²) in [6, 6.07) is 1.10. The number of anilines is 1. The number of hydrogen-bond donors (Lipinski definition) is 3. The Morgan fingerprint density at radius 2 is 1.86 bits per heavy atom. The summed E-state index contributed by atoms with van der Waals surface area (Å²) in [7, 11) is 1.38. The van der Waals surface area contributed by atoms with Crippen molar-refractivity contribution in [1.82, 2.24) is 4.57 Å². The molecule has 29 heavy (non-hydrogen) atoms. The molecular formula is C20H23FN2O6. The Hall–Kier alpha value is -2.65. The van der Waals surface area contributed by atoms with Crippen LogP contribution in [0.25, 0.3) is 10.9 Å². The van der Waals surface area contributed by atoms with E-state index < -0.39 is 22.8 Å². The van der Waals surface area contributed by atoms with Crippen LogP contribution in [0.15, 0.2) is 17.1 Å².